The molecular weight excluding hydrogens is 343 g/mol. The third-order valence-corrected chi connectivity index (χ3v) is 2.92. The highest BCUT2D eigenvalue weighted by atomic mass is 35.5. The number of carbonyl (C=O) groups is 2. The molecule has 0 aromatic heterocycles. The van der Waals surface area contributed by atoms with E-state index in [9.17, 15) is 9.59 Å². The summed E-state index contributed by atoms with van der Waals surface area (Å²) in [5, 5.41) is 2.55. The number of hydrogen-bond acceptors (Lipinski definition) is 4. The van der Waals surface area contributed by atoms with E-state index in [1.165, 1.54) is 12.2 Å². The van der Waals surface area contributed by atoms with Gasteiger partial charge in [0, 0.05) is 5.70 Å². The summed E-state index contributed by atoms with van der Waals surface area (Å²) in [5.41, 5.74) is -1.87. The van der Waals surface area contributed by atoms with E-state index in [1.54, 1.807) is 41.5 Å². The fraction of sp³-hybridized carbons (Fsp3) is 0.600. The molecule has 0 saturated heterocycles. The molecule has 0 radical (unpaired) electrons. The number of halogens is 2. The Morgan fingerprint density at radius 3 is 2.09 bits per heavy atom. The number of allylic oxidation sites excluding steroid dienone is 1. The molecule has 130 valence electrons. The molecule has 1 unspecified atom stereocenters. The number of amides is 2. The Balaban J connectivity index is 2.79. The van der Waals surface area contributed by atoms with E-state index < -0.39 is 28.9 Å². The van der Waals surface area contributed by atoms with Gasteiger partial charge < -0.3 is 9.47 Å². The molecule has 1 atom stereocenters. The topological polar surface area (TPSA) is 67.9 Å². The van der Waals surface area contributed by atoms with E-state index >= 15 is 0 Å². The van der Waals surface area contributed by atoms with Gasteiger partial charge in [0.15, 0.2) is 0 Å². The molecule has 2 amide bonds. The van der Waals surface area contributed by atoms with E-state index in [1.807, 2.05) is 0 Å². The summed E-state index contributed by atoms with van der Waals surface area (Å²) in [6, 6.07) is 0. The number of hydrogen-bond donors (Lipinski definition) is 1. The Morgan fingerprint density at radius 2 is 1.65 bits per heavy atom. The Labute approximate surface area is 146 Å². The standard InChI is InChI=1S/C15H22Cl2N2O4/c1-14(2,3)22-12(20)18-9-7-10(16)19(11(17)8-9)13(21)23-15(4,5)6/h7-8,10H,1-6H3,(H,18,20). The predicted molar refractivity (Wildman–Crippen MR) is 89.1 cm³/mol. The minimum Gasteiger partial charge on any atom is -0.444 e. The lowest BCUT2D eigenvalue weighted by molar-refractivity contribution is 0.0323. The average Bonchev–Trinajstić information content (AvgIpc) is 2.21. The normalized spacial score (nSPS) is 18.8. The quantitative estimate of drug-likeness (QED) is 0.556. The van der Waals surface area contributed by atoms with Gasteiger partial charge in [-0.05, 0) is 53.7 Å². The fourth-order valence-corrected chi connectivity index (χ4v) is 2.25. The van der Waals surface area contributed by atoms with Crippen LogP contribution in [0.1, 0.15) is 41.5 Å². The molecule has 6 nitrogen and oxygen atoms in total. The van der Waals surface area contributed by atoms with Crippen molar-refractivity contribution < 1.29 is 19.1 Å². The number of nitrogens with one attached hydrogen (secondary N) is 1. The molecule has 1 rings (SSSR count). The van der Waals surface area contributed by atoms with Crippen LogP contribution in [0.25, 0.3) is 0 Å². The van der Waals surface area contributed by atoms with Gasteiger partial charge in [-0.3, -0.25) is 5.32 Å². The highest BCUT2D eigenvalue weighted by molar-refractivity contribution is 6.32. The van der Waals surface area contributed by atoms with Crippen molar-refractivity contribution in [3.63, 3.8) is 0 Å². The fourth-order valence-electron chi connectivity index (χ4n) is 1.58. The lowest BCUT2D eigenvalue weighted by Gasteiger charge is -2.31. The minimum absolute atomic E-state index is 0.0350. The highest BCUT2D eigenvalue weighted by Crippen LogP contribution is 2.27. The smallest absolute Gasteiger partial charge is 0.417 e. The van der Waals surface area contributed by atoms with E-state index in [0.717, 1.165) is 4.90 Å². The molecule has 0 aromatic carbocycles. The number of carbonyl (C=O) groups excluding carboxylic acids is 2. The molecule has 0 saturated carbocycles. The van der Waals surface area contributed by atoms with E-state index in [-0.39, 0.29) is 5.16 Å². The molecule has 0 aliphatic carbocycles. The SMILES string of the molecule is CC(C)(C)OC(=O)NC1=CC(Cl)N(C(=O)OC(C)(C)C)C(Cl)=C1. The van der Waals surface area contributed by atoms with Crippen molar-refractivity contribution in [1.82, 2.24) is 10.2 Å². The second kappa shape index (κ2) is 7.01. The Hall–Kier alpha value is -1.40. The molecule has 0 bridgehead atoms. The summed E-state index contributed by atoms with van der Waals surface area (Å²) in [6.45, 7) is 10.5. The Morgan fingerprint density at radius 1 is 1.13 bits per heavy atom. The van der Waals surface area contributed by atoms with Crippen LogP contribution >= 0.6 is 23.2 Å². The summed E-state index contributed by atoms with van der Waals surface area (Å²) >= 11 is 12.2. The second-order valence-corrected chi connectivity index (χ2v) is 7.77. The lowest BCUT2D eigenvalue weighted by atomic mass is 10.2. The molecule has 1 aliphatic heterocycles. The van der Waals surface area contributed by atoms with Crippen LogP contribution in [0.3, 0.4) is 0 Å². The molecule has 23 heavy (non-hydrogen) atoms. The van der Waals surface area contributed by atoms with Crippen molar-refractivity contribution in [2.75, 3.05) is 0 Å². The summed E-state index contributed by atoms with van der Waals surface area (Å²) in [4.78, 5) is 24.9. The van der Waals surface area contributed by atoms with Gasteiger partial charge in [-0.2, -0.15) is 0 Å². The third-order valence-electron chi connectivity index (χ3n) is 2.30. The number of alkyl carbamates (subject to hydrolysis) is 1. The largest absolute Gasteiger partial charge is 0.444 e. The number of alkyl halides is 1. The maximum absolute atomic E-state index is 12.1. The van der Waals surface area contributed by atoms with Crippen LogP contribution in [0.5, 0.6) is 0 Å². The van der Waals surface area contributed by atoms with Crippen molar-refractivity contribution in [2.45, 2.75) is 58.2 Å². The zero-order chi connectivity index (χ0) is 18.0. The lowest BCUT2D eigenvalue weighted by Crippen LogP contribution is -2.41. The summed E-state index contributed by atoms with van der Waals surface area (Å²) < 4.78 is 10.4. The van der Waals surface area contributed by atoms with Crippen LogP contribution in [0.4, 0.5) is 9.59 Å². The first-order valence-corrected chi connectivity index (χ1v) is 7.85. The first-order valence-electron chi connectivity index (χ1n) is 7.04. The van der Waals surface area contributed by atoms with Crippen LogP contribution < -0.4 is 5.32 Å². The van der Waals surface area contributed by atoms with Gasteiger partial charge in [-0.15, -0.1) is 0 Å². The van der Waals surface area contributed by atoms with Crippen molar-refractivity contribution in [3.8, 4) is 0 Å². The van der Waals surface area contributed by atoms with Gasteiger partial charge in [0.2, 0.25) is 0 Å². The summed E-state index contributed by atoms with van der Waals surface area (Å²) in [6.07, 6.45) is 1.54. The zero-order valence-corrected chi connectivity index (χ0v) is 15.6. The van der Waals surface area contributed by atoms with Crippen molar-refractivity contribution in [1.29, 1.82) is 0 Å². The van der Waals surface area contributed by atoms with Gasteiger partial charge >= 0.3 is 12.2 Å². The number of rotatable bonds is 1. The van der Waals surface area contributed by atoms with Gasteiger partial charge in [-0.1, -0.05) is 23.2 Å². The summed E-state index contributed by atoms with van der Waals surface area (Å²) in [5.74, 6) is 0. The van der Waals surface area contributed by atoms with Crippen LogP contribution in [-0.4, -0.2) is 33.8 Å². The Kier molecular flexibility index (Phi) is 5.99. The maximum Gasteiger partial charge on any atom is 0.417 e. The van der Waals surface area contributed by atoms with E-state index in [0.29, 0.717) is 5.70 Å². The summed E-state index contributed by atoms with van der Waals surface area (Å²) in [7, 11) is 0. The molecule has 8 heteroatoms. The monoisotopic (exact) mass is 364 g/mol. The van der Waals surface area contributed by atoms with E-state index in [2.05, 4.69) is 5.32 Å². The van der Waals surface area contributed by atoms with Gasteiger partial charge in [-0.25, -0.2) is 14.5 Å². The average molecular weight is 365 g/mol. The molecule has 0 aromatic rings. The second-order valence-electron chi connectivity index (χ2n) is 6.94. The predicted octanol–water partition coefficient (Wildman–Crippen LogP) is 4.29. The molecule has 0 fully saturated rings. The van der Waals surface area contributed by atoms with Crippen molar-refractivity contribution in [2.24, 2.45) is 0 Å². The first-order chi connectivity index (χ1) is 10.3. The van der Waals surface area contributed by atoms with E-state index in [4.69, 9.17) is 32.7 Å². The van der Waals surface area contributed by atoms with Crippen LogP contribution in [0.2, 0.25) is 0 Å². The Bertz CT molecular complexity index is 545. The molecule has 0 spiro atoms. The maximum atomic E-state index is 12.1. The van der Waals surface area contributed by atoms with Crippen LogP contribution in [0.15, 0.2) is 23.0 Å². The van der Waals surface area contributed by atoms with Gasteiger partial charge in [0.1, 0.15) is 21.9 Å². The zero-order valence-electron chi connectivity index (χ0n) is 14.1. The molecule has 1 aliphatic rings. The first kappa shape index (κ1) is 19.6. The third kappa shape index (κ3) is 6.71. The van der Waals surface area contributed by atoms with Gasteiger partial charge in [0.05, 0.1) is 0 Å². The van der Waals surface area contributed by atoms with Gasteiger partial charge in [0.25, 0.3) is 0 Å². The van der Waals surface area contributed by atoms with Crippen molar-refractivity contribution >= 4 is 35.4 Å². The van der Waals surface area contributed by atoms with Crippen LogP contribution in [-0.2, 0) is 9.47 Å². The minimum atomic E-state index is -0.896. The van der Waals surface area contributed by atoms with Crippen LogP contribution in [0, 0.1) is 0 Å². The highest BCUT2D eigenvalue weighted by Gasteiger charge is 2.31. The van der Waals surface area contributed by atoms with Crippen molar-refractivity contribution in [3.05, 3.63) is 23.0 Å². The molecule has 1 heterocycles. The molecule has 1 N–H and O–H groups in total. The number of nitrogens with zero attached hydrogens (tertiary/aromatic N) is 1. The molecular formula is C15H22Cl2N2O4. The number of ether oxygens (including phenoxy) is 2.